The van der Waals surface area contributed by atoms with E-state index in [1.165, 1.54) is 5.56 Å². The molecule has 7 heteroatoms. The number of aromatic nitrogens is 3. The highest BCUT2D eigenvalue weighted by molar-refractivity contribution is 14.0. The smallest absolute Gasteiger partial charge is 0.191 e. The van der Waals surface area contributed by atoms with Crippen LogP contribution < -0.4 is 10.6 Å². The zero-order valence-electron chi connectivity index (χ0n) is 15.4. The van der Waals surface area contributed by atoms with Crippen molar-refractivity contribution >= 4 is 29.9 Å². The summed E-state index contributed by atoms with van der Waals surface area (Å²) in [6, 6.07) is 10.5. The third-order valence-corrected chi connectivity index (χ3v) is 3.81. The molecule has 0 fully saturated rings. The molecule has 0 spiro atoms. The average molecular weight is 468 g/mol. The van der Waals surface area contributed by atoms with Crippen molar-refractivity contribution < 1.29 is 0 Å². The van der Waals surface area contributed by atoms with Crippen LogP contribution in [0.1, 0.15) is 24.7 Å². The van der Waals surface area contributed by atoms with Gasteiger partial charge >= 0.3 is 0 Å². The average Bonchev–Trinajstić information content (AvgIpc) is 3.11. The second-order valence-corrected chi connectivity index (χ2v) is 5.71. The van der Waals surface area contributed by atoms with E-state index in [0.29, 0.717) is 6.54 Å². The zero-order chi connectivity index (χ0) is 17.7. The molecule has 0 saturated heterocycles. The molecular formula is C19H29IN6. The number of hydrogen-bond acceptors (Lipinski definition) is 3. The standard InChI is InChI=1S/C19H28N6.HI/c1-3-12-20-19(21-13-8-11-17-9-6-5-7-10-17)22-14-15-25-16-23-24-18(25)4-2;/h3,5-7,9-10,16H,1,4,8,11-15H2,2H3,(H2,20,21,22);1H. The lowest BCUT2D eigenvalue weighted by Gasteiger charge is -2.12. The fourth-order valence-electron chi connectivity index (χ4n) is 2.50. The molecule has 0 unspecified atom stereocenters. The van der Waals surface area contributed by atoms with Crippen molar-refractivity contribution in [3.05, 3.63) is 60.7 Å². The first-order valence-corrected chi connectivity index (χ1v) is 8.87. The van der Waals surface area contributed by atoms with Crippen molar-refractivity contribution in [2.75, 3.05) is 19.6 Å². The van der Waals surface area contributed by atoms with E-state index < -0.39 is 0 Å². The quantitative estimate of drug-likeness (QED) is 0.185. The molecule has 1 heterocycles. The van der Waals surface area contributed by atoms with E-state index in [-0.39, 0.29) is 24.0 Å². The molecule has 1 aromatic heterocycles. The number of aliphatic imine (C=N–C) groups is 1. The predicted molar refractivity (Wildman–Crippen MR) is 118 cm³/mol. The normalized spacial score (nSPS) is 10.9. The molecule has 2 aromatic rings. The van der Waals surface area contributed by atoms with Crippen LogP contribution in [0.3, 0.4) is 0 Å². The van der Waals surface area contributed by atoms with Gasteiger partial charge in [0, 0.05) is 32.6 Å². The summed E-state index contributed by atoms with van der Waals surface area (Å²) in [6.07, 6.45) is 6.55. The van der Waals surface area contributed by atoms with Gasteiger partial charge in [-0.05, 0) is 18.4 Å². The van der Waals surface area contributed by atoms with E-state index in [1.54, 1.807) is 6.33 Å². The van der Waals surface area contributed by atoms with Crippen LogP contribution in [0.25, 0.3) is 0 Å². The Kier molecular flexibility index (Phi) is 11.3. The summed E-state index contributed by atoms with van der Waals surface area (Å²) in [6.45, 7) is 8.89. The molecular weight excluding hydrogens is 439 g/mol. The molecule has 0 radical (unpaired) electrons. The van der Waals surface area contributed by atoms with Crippen LogP contribution in [-0.4, -0.2) is 40.4 Å². The van der Waals surface area contributed by atoms with Crippen molar-refractivity contribution in [3.63, 3.8) is 0 Å². The van der Waals surface area contributed by atoms with Crippen LogP contribution in [0, 0.1) is 0 Å². The van der Waals surface area contributed by atoms with Crippen molar-refractivity contribution in [1.29, 1.82) is 0 Å². The molecule has 2 rings (SSSR count). The van der Waals surface area contributed by atoms with Gasteiger partial charge in [-0.1, -0.05) is 43.3 Å². The van der Waals surface area contributed by atoms with Crippen LogP contribution in [0.2, 0.25) is 0 Å². The third-order valence-electron chi connectivity index (χ3n) is 3.81. The van der Waals surface area contributed by atoms with Crippen molar-refractivity contribution in [2.24, 2.45) is 4.99 Å². The van der Waals surface area contributed by atoms with Crippen molar-refractivity contribution in [1.82, 2.24) is 25.4 Å². The first-order chi connectivity index (χ1) is 12.3. The van der Waals surface area contributed by atoms with Gasteiger partial charge in [0.1, 0.15) is 12.2 Å². The molecule has 26 heavy (non-hydrogen) atoms. The minimum atomic E-state index is 0. The number of rotatable bonds is 10. The molecule has 0 saturated carbocycles. The maximum atomic E-state index is 4.64. The summed E-state index contributed by atoms with van der Waals surface area (Å²) < 4.78 is 2.06. The van der Waals surface area contributed by atoms with Gasteiger partial charge < -0.3 is 15.2 Å². The lowest BCUT2D eigenvalue weighted by molar-refractivity contribution is 0.633. The molecule has 0 aliphatic carbocycles. The van der Waals surface area contributed by atoms with Gasteiger partial charge in [-0.25, -0.2) is 0 Å². The van der Waals surface area contributed by atoms with Gasteiger partial charge in [0.2, 0.25) is 0 Å². The molecule has 142 valence electrons. The highest BCUT2D eigenvalue weighted by Crippen LogP contribution is 2.02. The predicted octanol–water partition coefficient (Wildman–Crippen LogP) is 2.81. The molecule has 1 aromatic carbocycles. The fourth-order valence-corrected chi connectivity index (χ4v) is 2.50. The van der Waals surface area contributed by atoms with Gasteiger partial charge in [-0.2, -0.15) is 0 Å². The molecule has 2 N–H and O–H groups in total. The number of nitrogens with one attached hydrogen (secondary N) is 2. The Labute approximate surface area is 173 Å². The first kappa shape index (κ1) is 22.1. The van der Waals surface area contributed by atoms with Crippen molar-refractivity contribution in [3.8, 4) is 0 Å². The SMILES string of the molecule is C=CCNC(=NCCCc1ccccc1)NCCn1cnnc1CC.I. The van der Waals surface area contributed by atoms with Gasteiger partial charge in [-0.15, -0.1) is 40.8 Å². The van der Waals surface area contributed by atoms with E-state index in [2.05, 4.69) is 68.2 Å². The molecule has 6 nitrogen and oxygen atoms in total. The Hall–Kier alpha value is -1.90. The fraction of sp³-hybridized carbons (Fsp3) is 0.421. The van der Waals surface area contributed by atoms with E-state index in [4.69, 9.17) is 0 Å². The first-order valence-electron chi connectivity index (χ1n) is 8.87. The highest BCUT2D eigenvalue weighted by Gasteiger charge is 2.02. The maximum absolute atomic E-state index is 4.64. The third kappa shape index (κ3) is 7.99. The lowest BCUT2D eigenvalue weighted by Crippen LogP contribution is -2.39. The second-order valence-electron chi connectivity index (χ2n) is 5.71. The molecule has 0 bridgehead atoms. The van der Waals surface area contributed by atoms with Gasteiger partial charge in [0.15, 0.2) is 5.96 Å². The Balaban J connectivity index is 0.00000338. The number of nitrogens with zero attached hydrogens (tertiary/aromatic N) is 4. The number of aryl methyl sites for hydroxylation is 2. The summed E-state index contributed by atoms with van der Waals surface area (Å²) in [4.78, 5) is 4.64. The number of benzene rings is 1. The Morgan fingerprint density at radius 1 is 1.27 bits per heavy atom. The van der Waals surface area contributed by atoms with E-state index >= 15 is 0 Å². The van der Waals surface area contributed by atoms with Crippen LogP contribution in [0.4, 0.5) is 0 Å². The summed E-state index contributed by atoms with van der Waals surface area (Å²) >= 11 is 0. The molecule has 0 aliphatic rings. The minimum absolute atomic E-state index is 0. The lowest BCUT2D eigenvalue weighted by atomic mass is 10.1. The van der Waals surface area contributed by atoms with Crippen LogP contribution in [0.5, 0.6) is 0 Å². The Morgan fingerprint density at radius 2 is 2.08 bits per heavy atom. The summed E-state index contributed by atoms with van der Waals surface area (Å²) in [5.41, 5.74) is 1.35. The van der Waals surface area contributed by atoms with Gasteiger partial charge in [-0.3, -0.25) is 4.99 Å². The minimum Gasteiger partial charge on any atom is -0.355 e. The van der Waals surface area contributed by atoms with Crippen LogP contribution >= 0.6 is 24.0 Å². The van der Waals surface area contributed by atoms with E-state index in [9.17, 15) is 0 Å². The summed E-state index contributed by atoms with van der Waals surface area (Å²) in [5.74, 6) is 1.82. The number of guanidine groups is 1. The summed E-state index contributed by atoms with van der Waals surface area (Å²) in [5, 5.41) is 14.7. The Morgan fingerprint density at radius 3 is 2.81 bits per heavy atom. The van der Waals surface area contributed by atoms with Gasteiger partial charge in [0.05, 0.1) is 0 Å². The van der Waals surface area contributed by atoms with Gasteiger partial charge in [0.25, 0.3) is 0 Å². The largest absolute Gasteiger partial charge is 0.355 e. The van der Waals surface area contributed by atoms with Crippen LogP contribution in [-0.2, 0) is 19.4 Å². The number of halogens is 1. The maximum Gasteiger partial charge on any atom is 0.191 e. The van der Waals surface area contributed by atoms with Crippen LogP contribution in [0.15, 0.2) is 54.3 Å². The zero-order valence-corrected chi connectivity index (χ0v) is 17.7. The van der Waals surface area contributed by atoms with Crippen molar-refractivity contribution in [2.45, 2.75) is 32.7 Å². The molecule has 0 aliphatic heterocycles. The van der Waals surface area contributed by atoms with E-state index in [1.807, 2.05) is 12.1 Å². The van der Waals surface area contributed by atoms with E-state index in [0.717, 1.165) is 50.7 Å². The monoisotopic (exact) mass is 468 g/mol. The Bertz CT molecular complexity index is 653. The topological polar surface area (TPSA) is 67.1 Å². The number of hydrogen-bond donors (Lipinski definition) is 2. The summed E-state index contributed by atoms with van der Waals surface area (Å²) in [7, 11) is 0. The molecule has 0 amide bonds. The molecule has 0 atom stereocenters. The second kappa shape index (κ2) is 13.3. The highest BCUT2D eigenvalue weighted by atomic mass is 127.